The lowest BCUT2D eigenvalue weighted by molar-refractivity contribution is 0.194. The molecule has 0 aliphatic carbocycles. The Morgan fingerprint density at radius 3 is 2.14 bits per heavy atom. The summed E-state index contributed by atoms with van der Waals surface area (Å²) in [5.74, 6) is 0. The first-order chi connectivity index (χ1) is 6.61. The van der Waals surface area contributed by atoms with E-state index in [2.05, 4.69) is 44.7 Å². The first-order valence-electron chi connectivity index (χ1n) is 6.00. The molecule has 1 unspecified atom stereocenters. The van der Waals surface area contributed by atoms with Crippen molar-refractivity contribution in [3.05, 3.63) is 0 Å². The molecule has 0 rings (SSSR count). The Bertz CT molecular complexity index is 123. The second-order valence-corrected chi connectivity index (χ2v) is 4.42. The van der Waals surface area contributed by atoms with E-state index in [0.29, 0.717) is 0 Å². The molecule has 0 aliphatic rings. The maximum Gasteiger partial charge on any atom is 0.00789 e. The van der Waals surface area contributed by atoms with Crippen LogP contribution in [0.25, 0.3) is 0 Å². The number of nitrogens with zero attached hydrogens (tertiary/aromatic N) is 2. The van der Waals surface area contributed by atoms with Crippen LogP contribution in [0.1, 0.15) is 40.0 Å². The largest absolute Gasteiger partial charge is 0.309 e. The smallest absolute Gasteiger partial charge is 0.00789 e. The average Bonchev–Trinajstić information content (AvgIpc) is 2.16. The summed E-state index contributed by atoms with van der Waals surface area (Å²) >= 11 is 0. The minimum atomic E-state index is 0.731. The van der Waals surface area contributed by atoms with Crippen LogP contribution >= 0.6 is 0 Å². The van der Waals surface area contributed by atoms with Gasteiger partial charge in [0.2, 0.25) is 0 Å². The molecule has 2 heteroatoms. The van der Waals surface area contributed by atoms with Crippen molar-refractivity contribution in [3.8, 4) is 0 Å². The van der Waals surface area contributed by atoms with Crippen LogP contribution < -0.4 is 0 Å². The molecule has 0 saturated carbocycles. The predicted octanol–water partition coefficient (Wildman–Crippen LogP) is 2.45. The molecular weight excluding hydrogens is 172 g/mol. The van der Waals surface area contributed by atoms with E-state index in [4.69, 9.17) is 0 Å². The second-order valence-electron chi connectivity index (χ2n) is 4.42. The SMILES string of the molecule is CCCCN(CC)C(C)CCN(C)C. The van der Waals surface area contributed by atoms with Gasteiger partial charge in [-0.05, 0) is 53.5 Å². The van der Waals surface area contributed by atoms with Gasteiger partial charge in [-0.1, -0.05) is 20.3 Å². The van der Waals surface area contributed by atoms with E-state index < -0.39 is 0 Å². The lowest BCUT2D eigenvalue weighted by Gasteiger charge is -2.28. The molecule has 0 heterocycles. The minimum absolute atomic E-state index is 0.731. The molecule has 0 saturated heterocycles. The van der Waals surface area contributed by atoms with E-state index in [9.17, 15) is 0 Å². The van der Waals surface area contributed by atoms with Gasteiger partial charge in [0.25, 0.3) is 0 Å². The normalized spacial score (nSPS) is 13.9. The fourth-order valence-corrected chi connectivity index (χ4v) is 1.68. The minimum Gasteiger partial charge on any atom is -0.309 e. The van der Waals surface area contributed by atoms with E-state index in [-0.39, 0.29) is 0 Å². The van der Waals surface area contributed by atoms with Crippen molar-refractivity contribution in [1.82, 2.24) is 9.80 Å². The Morgan fingerprint density at radius 1 is 1.07 bits per heavy atom. The van der Waals surface area contributed by atoms with Crippen LogP contribution in [0.5, 0.6) is 0 Å². The van der Waals surface area contributed by atoms with Crippen molar-refractivity contribution in [2.45, 2.75) is 46.1 Å². The standard InChI is InChI=1S/C12H28N2/c1-6-8-10-14(7-2)12(3)9-11-13(4)5/h12H,6-11H2,1-5H3. The zero-order valence-electron chi connectivity index (χ0n) is 10.7. The third kappa shape index (κ3) is 6.39. The third-order valence-electron chi connectivity index (χ3n) is 2.82. The monoisotopic (exact) mass is 200 g/mol. The highest BCUT2D eigenvalue weighted by atomic mass is 15.1. The summed E-state index contributed by atoms with van der Waals surface area (Å²) in [5.41, 5.74) is 0. The lowest BCUT2D eigenvalue weighted by Crippen LogP contribution is -2.35. The van der Waals surface area contributed by atoms with E-state index in [1.54, 1.807) is 0 Å². The molecule has 14 heavy (non-hydrogen) atoms. The van der Waals surface area contributed by atoms with Crippen LogP contribution in [0.4, 0.5) is 0 Å². The van der Waals surface area contributed by atoms with Crippen LogP contribution in [0.15, 0.2) is 0 Å². The van der Waals surface area contributed by atoms with Gasteiger partial charge >= 0.3 is 0 Å². The fourth-order valence-electron chi connectivity index (χ4n) is 1.68. The third-order valence-corrected chi connectivity index (χ3v) is 2.82. The highest BCUT2D eigenvalue weighted by molar-refractivity contribution is 4.66. The predicted molar refractivity (Wildman–Crippen MR) is 64.8 cm³/mol. The molecule has 0 bridgehead atoms. The molecule has 0 spiro atoms. The number of hydrogen-bond acceptors (Lipinski definition) is 2. The lowest BCUT2D eigenvalue weighted by atomic mass is 10.2. The van der Waals surface area contributed by atoms with Gasteiger partial charge in [-0.15, -0.1) is 0 Å². The van der Waals surface area contributed by atoms with Crippen molar-refractivity contribution in [3.63, 3.8) is 0 Å². The summed E-state index contributed by atoms with van der Waals surface area (Å²) in [7, 11) is 4.30. The molecule has 0 aromatic rings. The number of hydrogen-bond donors (Lipinski definition) is 0. The molecular formula is C12H28N2. The van der Waals surface area contributed by atoms with Gasteiger partial charge in [0, 0.05) is 6.04 Å². The quantitative estimate of drug-likeness (QED) is 0.594. The molecule has 0 N–H and O–H groups in total. The molecule has 0 fully saturated rings. The Morgan fingerprint density at radius 2 is 1.71 bits per heavy atom. The van der Waals surface area contributed by atoms with Crippen molar-refractivity contribution >= 4 is 0 Å². The van der Waals surface area contributed by atoms with Gasteiger partial charge in [-0.3, -0.25) is 0 Å². The maximum atomic E-state index is 2.59. The summed E-state index contributed by atoms with van der Waals surface area (Å²) < 4.78 is 0. The molecule has 86 valence electrons. The average molecular weight is 200 g/mol. The Hall–Kier alpha value is -0.0800. The summed E-state index contributed by atoms with van der Waals surface area (Å²) in [5, 5.41) is 0. The maximum absolute atomic E-state index is 2.59. The molecule has 0 aromatic carbocycles. The highest BCUT2D eigenvalue weighted by Crippen LogP contribution is 2.05. The Balaban J connectivity index is 3.72. The van der Waals surface area contributed by atoms with Crippen LogP contribution in [0.3, 0.4) is 0 Å². The van der Waals surface area contributed by atoms with Gasteiger partial charge in [-0.2, -0.15) is 0 Å². The van der Waals surface area contributed by atoms with Crippen LogP contribution in [0.2, 0.25) is 0 Å². The van der Waals surface area contributed by atoms with E-state index >= 15 is 0 Å². The Labute approximate surface area is 90.3 Å². The van der Waals surface area contributed by atoms with E-state index in [1.807, 2.05) is 0 Å². The van der Waals surface area contributed by atoms with Gasteiger partial charge in [0.1, 0.15) is 0 Å². The van der Waals surface area contributed by atoms with Crippen LogP contribution in [-0.4, -0.2) is 49.6 Å². The van der Waals surface area contributed by atoms with Gasteiger partial charge in [0.15, 0.2) is 0 Å². The highest BCUT2D eigenvalue weighted by Gasteiger charge is 2.10. The Kier molecular flexibility index (Phi) is 8.20. The summed E-state index contributed by atoms with van der Waals surface area (Å²) in [6.07, 6.45) is 3.92. The number of unbranched alkanes of at least 4 members (excludes halogenated alkanes) is 1. The topological polar surface area (TPSA) is 6.48 Å². The molecule has 0 aliphatic heterocycles. The van der Waals surface area contributed by atoms with Crippen LogP contribution in [0, 0.1) is 0 Å². The van der Waals surface area contributed by atoms with Gasteiger partial charge in [0.05, 0.1) is 0 Å². The fraction of sp³-hybridized carbons (Fsp3) is 1.00. The van der Waals surface area contributed by atoms with Crippen molar-refractivity contribution in [2.24, 2.45) is 0 Å². The van der Waals surface area contributed by atoms with Crippen molar-refractivity contribution in [1.29, 1.82) is 0 Å². The zero-order chi connectivity index (χ0) is 11.0. The first kappa shape index (κ1) is 13.9. The van der Waals surface area contributed by atoms with E-state index in [1.165, 1.54) is 38.9 Å². The summed E-state index contributed by atoms with van der Waals surface area (Å²) in [4.78, 5) is 4.86. The summed E-state index contributed by atoms with van der Waals surface area (Å²) in [6.45, 7) is 10.5. The van der Waals surface area contributed by atoms with E-state index in [0.717, 1.165) is 6.04 Å². The van der Waals surface area contributed by atoms with Crippen molar-refractivity contribution in [2.75, 3.05) is 33.7 Å². The molecule has 0 radical (unpaired) electrons. The van der Waals surface area contributed by atoms with Gasteiger partial charge in [-0.25, -0.2) is 0 Å². The molecule has 0 aromatic heterocycles. The molecule has 1 atom stereocenters. The zero-order valence-corrected chi connectivity index (χ0v) is 10.7. The van der Waals surface area contributed by atoms with Crippen LogP contribution in [-0.2, 0) is 0 Å². The first-order valence-corrected chi connectivity index (χ1v) is 6.00. The van der Waals surface area contributed by atoms with Crippen molar-refractivity contribution < 1.29 is 0 Å². The molecule has 2 nitrogen and oxygen atoms in total. The number of rotatable bonds is 8. The second kappa shape index (κ2) is 8.25. The summed E-state index contributed by atoms with van der Waals surface area (Å²) in [6, 6.07) is 0.731. The molecule has 0 amide bonds. The van der Waals surface area contributed by atoms with Gasteiger partial charge < -0.3 is 9.80 Å².